The average Bonchev–Trinajstić information content (AvgIpc) is 3.40. The van der Waals surface area contributed by atoms with E-state index in [4.69, 9.17) is 0 Å². The van der Waals surface area contributed by atoms with Gasteiger partial charge in [-0.1, -0.05) is 212 Å². The zero-order chi connectivity index (χ0) is 43.6. The molecule has 0 nitrogen and oxygen atoms in total. The van der Waals surface area contributed by atoms with E-state index in [1.54, 1.807) is 0 Å². The predicted molar refractivity (Wildman–Crippen MR) is 284 cm³/mol. The predicted octanol–water partition coefficient (Wildman–Crippen LogP) is 18.6. The lowest BCUT2D eigenvalue weighted by atomic mass is 9.82. The molecule has 0 saturated carbocycles. The fourth-order valence-electron chi connectivity index (χ4n) is 10.6. The van der Waals surface area contributed by atoms with Crippen molar-refractivity contribution in [2.75, 3.05) is 0 Å². The lowest BCUT2D eigenvalue weighted by Crippen LogP contribution is -1.94. The van der Waals surface area contributed by atoms with Crippen LogP contribution in [0.3, 0.4) is 0 Å². The molecule has 0 aliphatic heterocycles. The summed E-state index contributed by atoms with van der Waals surface area (Å²) in [5.41, 5.74) is 14.7. The molecule has 306 valence electrons. The second kappa shape index (κ2) is 15.6. The van der Waals surface area contributed by atoms with Crippen LogP contribution in [0.25, 0.3) is 131 Å². The Kier molecular flexibility index (Phi) is 8.96. The summed E-state index contributed by atoms with van der Waals surface area (Å²) in [6, 6.07) is 94.3. The molecule has 0 aliphatic rings. The van der Waals surface area contributed by atoms with Crippen molar-refractivity contribution in [3.8, 4) is 66.8 Å². The highest BCUT2D eigenvalue weighted by molar-refractivity contribution is 6.23. The molecule has 0 aromatic heterocycles. The van der Waals surface area contributed by atoms with E-state index in [0.717, 1.165) is 0 Å². The first-order valence-electron chi connectivity index (χ1n) is 22.9. The Bertz CT molecular complexity index is 4010. The monoisotopic (exact) mass is 834 g/mol. The minimum absolute atomic E-state index is 1.20. The van der Waals surface area contributed by atoms with Crippen LogP contribution in [0.15, 0.2) is 255 Å². The van der Waals surface area contributed by atoms with Crippen LogP contribution in [-0.4, -0.2) is 0 Å². The first-order chi connectivity index (χ1) is 32.7. The summed E-state index contributed by atoms with van der Waals surface area (Å²) in [7, 11) is 0. The van der Waals surface area contributed by atoms with E-state index in [-0.39, 0.29) is 0 Å². The maximum atomic E-state index is 2.45. The minimum Gasteiger partial charge on any atom is -0.0622 e. The molecule has 0 heteroatoms. The summed E-state index contributed by atoms with van der Waals surface area (Å²) in [5, 5.41) is 15.0. The molecular formula is C66H42. The number of fused-ring (bicyclic) bond motifs is 8. The van der Waals surface area contributed by atoms with Crippen LogP contribution in [0.4, 0.5) is 0 Å². The van der Waals surface area contributed by atoms with Gasteiger partial charge in [0.05, 0.1) is 0 Å². The summed E-state index contributed by atoms with van der Waals surface area (Å²) in [6.45, 7) is 0. The maximum absolute atomic E-state index is 2.45. The molecule has 0 unspecified atom stereocenters. The molecule has 0 bridgehead atoms. The summed E-state index contributed by atoms with van der Waals surface area (Å²) < 4.78 is 0. The molecule has 0 saturated heterocycles. The van der Waals surface area contributed by atoms with Crippen molar-refractivity contribution in [2.24, 2.45) is 0 Å². The standard InChI is InChI=1S/C66H42/c1-4-16-43(17-5-1)60-38-46-22-10-11-23-47(46)39-62(60)54-33-35-59-58-34-32-51(40-63(58)65(44-18-6-2-7-19-44)66(64(59)42-54)45-20-8-3-9-21-45)49-28-29-50-37-53(31-30-48(50)36-49)61-41-52-24-12-13-25-55(52)56-26-14-15-27-57(56)61/h1-42H. The van der Waals surface area contributed by atoms with Crippen molar-refractivity contribution >= 4 is 64.6 Å². The molecule has 13 rings (SSSR count). The molecule has 0 N–H and O–H groups in total. The fraction of sp³-hybridized carbons (Fsp3) is 0. The van der Waals surface area contributed by atoms with Crippen molar-refractivity contribution < 1.29 is 0 Å². The van der Waals surface area contributed by atoms with E-state index < -0.39 is 0 Å². The van der Waals surface area contributed by atoms with Gasteiger partial charge in [0.25, 0.3) is 0 Å². The quantitative estimate of drug-likeness (QED) is 0.146. The molecule has 13 aromatic carbocycles. The second-order valence-corrected chi connectivity index (χ2v) is 17.6. The maximum Gasteiger partial charge on any atom is -0.00201 e. The van der Waals surface area contributed by atoms with Crippen LogP contribution < -0.4 is 0 Å². The number of benzene rings is 13. The van der Waals surface area contributed by atoms with E-state index in [1.807, 2.05) is 0 Å². The van der Waals surface area contributed by atoms with Gasteiger partial charge in [-0.05, 0) is 174 Å². The molecule has 0 spiro atoms. The van der Waals surface area contributed by atoms with Gasteiger partial charge >= 0.3 is 0 Å². The van der Waals surface area contributed by atoms with Crippen molar-refractivity contribution in [3.05, 3.63) is 255 Å². The third-order valence-corrected chi connectivity index (χ3v) is 13.8. The molecule has 13 aromatic rings. The highest BCUT2D eigenvalue weighted by Crippen LogP contribution is 2.48. The molecule has 0 heterocycles. The Morgan fingerprint density at radius 1 is 0.152 bits per heavy atom. The molecular weight excluding hydrogens is 793 g/mol. The zero-order valence-electron chi connectivity index (χ0n) is 36.2. The van der Waals surface area contributed by atoms with Crippen LogP contribution in [0, 0.1) is 0 Å². The summed E-state index contributed by atoms with van der Waals surface area (Å²) in [4.78, 5) is 0. The van der Waals surface area contributed by atoms with Crippen LogP contribution >= 0.6 is 0 Å². The van der Waals surface area contributed by atoms with Crippen LogP contribution in [0.5, 0.6) is 0 Å². The topological polar surface area (TPSA) is 0 Å². The highest BCUT2D eigenvalue weighted by atomic mass is 14.2. The number of hydrogen-bond acceptors (Lipinski definition) is 0. The summed E-state index contributed by atoms with van der Waals surface area (Å²) in [6.07, 6.45) is 0. The molecule has 0 atom stereocenters. The van der Waals surface area contributed by atoms with Gasteiger partial charge in [-0.15, -0.1) is 0 Å². The Morgan fingerprint density at radius 3 is 1.14 bits per heavy atom. The van der Waals surface area contributed by atoms with Gasteiger partial charge in [-0.25, -0.2) is 0 Å². The second-order valence-electron chi connectivity index (χ2n) is 17.6. The van der Waals surface area contributed by atoms with Crippen molar-refractivity contribution in [1.82, 2.24) is 0 Å². The van der Waals surface area contributed by atoms with E-state index in [2.05, 4.69) is 255 Å². The summed E-state index contributed by atoms with van der Waals surface area (Å²) >= 11 is 0. The minimum atomic E-state index is 1.20. The van der Waals surface area contributed by atoms with Gasteiger partial charge in [0.1, 0.15) is 0 Å². The van der Waals surface area contributed by atoms with E-state index >= 15 is 0 Å². The van der Waals surface area contributed by atoms with E-state index in [9.17, 15) is 0 Å². The van der Waals surface area contributed by atoms with Crippen molar-refractivity contribution in [1.29, 1.82) is 0 Å². The van der Waals surface area contributed by atoms with Crippen LogP contribution in [0.2, 0.25) is 0 Å². The number of hydrogen-bond donors (Lipinski definition) is 0. The fourth-order valence-corrected chi connectivity index (χ4v) is 10.6. The SMILES string of the molecule is c1ccc(-c2cc3ccccc3cc2-c2ccc3c(c2)c(-c2ccccc2)c(-c2ccccc2)c2cc(-c4ccc5cc(-c6cc7ccccc7c7ccccc67)ccc5c4)ccc23)cc1. The Morgan fingerprint density at radius 2 is 0.515 bits per heavy atom. The van der Waals surface area contributed by atoms with Crippen molar-refractivity contribution in [3.63, 3.8) is 0 Å². The third-order valence-electron chi connectivity index (χ3n) is 13.8. The molecule has 0 radical (unpaired) electrons. The zero-order valence-corrected chi connectivity index (χ0v) is 36.2. The average molecular weight is 835 g/mol. The molecule has 66 heavy (non-hydrogen) atoms. The first kappa shape index (κ1) is 37.9. The third kappa shape index (κ3) is 6.38. The molecule has 0 amide bonds. The van der Waals surface area contributed by atoms with Gasteiger partial charge in [0.2, 0.25) is 0 Å². The van der Waals surface area contributed by atoms with Gasteiger partial charge in [0, 0.05) is 0 Å². The largest absolute Gasteiger partial charge is 0.0622 e. The molecule has 0 aliphatic carbocycles. The lowest BCUT2D eigenvalue weighted by Gasteiger charge is -2.21. The highest BCUT2D eigenvalue weighted by Gasteiger charge is 2.20. The van der Waals surface area contributed by atoms with E-state index in [1.165, 1.54) is 131 Å². The molecule has 0 fully saturated rings. The van der Waals surface area contributed by atoms with E-state index in [0.29, 0.717) is 0 Å². The van der Waals surface area contributed by atoms with Gasteiger partial charge in [0.15, 0.2) is 0 Å². The number of rotatable bonds is 6. The van der Waals surface area contributed by atoms with Crippen LogP contribution in [-0.2, 0) is 0 Å². The van der Waals surface area contributed by atoms with Gasteiger partial charge in [-0.3, -0.25) is 0 Å². The van der Waals surface area contributed by atoms with Gasteiger partial charge < -0.3 is 0 Å². The van der Waals surface area contributed by atoms with Gasteiger partial charge in [-0.2, -0.15) is 0 Å². The van der Waals surface area contributed by atoms with Crippen LogP contribution in [0.1, 0.15) is 0 Å². The lowest BCUT2D eigenvalue weighted by molar-refractivity contribution is 1.60. The summed E-state index contributed by atoms with van der Waals surface area (Å²) in [5.74, 6) is 0. The normalized spacial score (nSPS) is 11.6. The smallest absolute Gasteiger partial charge is 0.00201 e. The Hall–Kier alpha value is -8.58. The Labute approximate surface area is 384 Å². The Balaban J connectivity index is 1.01. The first-order valence-corrected chi connectivity index (χ1v) is 22.9. The van der Waals surface area contributed by atoms with Crippen molar-refractivity contribution in [2.45, 2.75) is 0 Å².